The van der Waals surface area contributed by atoms with Gasteiger partial charge in [0.2, 0.25) is 0 Å². The average molecular weight is 210 g/mol. The third-order valence-corrected chi connectivity index (χ3v) is 1.76. The highest BCUT2D eigenvalue weighted by molar-refractivity contribution is 5.97. The SMILES string of the molecule is COc1ccc(C=O)cc1C(=O)NON. The summed E-state index contributed by atoms with van der Waals surface area (Å²) in [5.41, 5.74) is 2.46. The molecule has 1 rings (SSSR count). The van der Waals surface area contributed by atoms with Gasteiger partial charge in [-0.3, -0.25) is 9.59 Å². The van der Waals surface area contributed by atoms with Crippen molar-refractivity contribution in [3.63, 3.8) is 0 Å². The van der Waals surface area contributed by atoms with Gasteiger partial charge in [-0.25, -0.2) is 5.48 Å². The van der Waals surface area contributed by atoms with E-state index in [1.165, 1.54) is 25.3 Å². The highest BCUT2D eigenvalue weighted by atomic mass is 16.8. The molecule has 0 atom stereocenters. The van der Waals surface area contributed by atoms with Gasteiger partial charge in [-0.15, -0.1) is 0 Å². The van der Waals surface area contributed by atoms with Crippen LogP contribution in [0.1, 0.15) is 20.7 Å². The molecule has 1 aromatic carbocycles. The van der Waals surface area contributed by atoms with E-state index in [-0.39, 0.29) is 5.56 Å². The predicted octanol–water partition coefficient (Wildman–Crippen LogP) is 0.0428. The molecule has 0 saturated heterocycles. The van der Waals surface area contributed by atoms with Crippen LogP contribution >= 0.6 is 0 Å². The summed E-state index contributed by atoms with van der Waals surface area (Å²) in [6.07, 6.45) is 0.625. The lowest BCUT2D eigenvalue weighted by Crippen LogP contribution is -2.27. The minimum atomic E-state index is -0.585. The highest BCUT2D eigenvalue weighted by Gasteiger charge is 2.12. The Morgan fingerprint density at radius 3 is 2.80 bits per heavy atom. The molecule has 3 N–H and O–H groups in total. The molecule has 80 valence electrons. The lowest BCUT2D eigenvalue weighted by Gasteiger charge is -2.07. The van der Waals surface area contributed by atoms with Gasteiger partial charge < -0.3 is 4.74 Å². The molecule has 0 aliphatic carbocycles. The van der Waals surface area contributed by atoms with Gasteiger partial charge in [0.1, 0.15) is 12.0 Å². The van der Waals surface area contributed by atoms with E-state index >= 15 is 0 Å². The van der Waals surface area contributed by atoms with Crippen molar-refractivity contribution in [3.05, 3.63) is 29.3 Å². The number of hydroxylamine groups is 1. The number of methoxy groups -OCH3 is 1. The van der Waals surface area contributed by atoms with E-state index in [0.717, 1.165) is 0 Å². The Morgan fingerprint density at radius 2 is 2.27 bits per heavy atom. The quantitative estimate of drug-likeness (QED) is 0.541. The Balaban J connectivity index is 3.11. The minimum Gasteiger partial charge on any atom is -0.496 e. The Morgan fingerprint density at radius 1 is 1.53 bits per heavy atom. The number of carbonyl (C=O) groups excluding carboxylic acids is 2. The minimum absolute atomic E-state index is 0.174. The highest BCUT2D eigenvalue weighted by Crippen LogP contribution is 2.18. The molecule has 0 aromatic heterocycles. The monoisotopic (exact) mass is 210 g/mol. The number of carbonyl (C=O) groups is 2. The molecule has 0 spiro atoms. The van der Waals surface area contributed by atoms with Crippen LogP contribution in [-0.2, 0) is 4.94 Å². The summed E-state index contributed by atoms with van der Waals surface area (Å²) in [5.74, 6) is 4.43. The van der Waals surface area contributed by atoms with Crippen LogP contribution in [0.4, 0.5) is 0 Å². The fourth-order valence-electron chi connectivity index (χ4n) is 1.08. The summed E-state index contributed by atoms with van der Waals surface area (Å²) in [4.78, 5) is 25.9. The first-order valence-corrected chi connectivity index (χ1v) is 4.02. The molecular formula is C9H10N2O4. The second kappa shape index (κ2) is 5.08. The number of amides is 1. The van der Waals surface area contributed by atoms with Crippen molar-refractivity contribution < 1.29 is 19.3 Å². The van der Waals surface area contributed by atoms with Crippen LogP contribution in [0.5, 0.6) is 5.75 Å². The molecule has 6 nitrogen and oxygen atoms in total. The lowest BCUT2D eigenvalue weighted by atomic mass is 10.1. The first-order valence-electron chi connectivity index (χ1n) is 4.02. The number of ether oxygens (including phenoxy) is 1. The zero-order chi connectivity index (χ0) is 11.3. The largest absolute Gasteiger partial charge is 0.496 e. The normalized spacial score (nSPS) is 9.47. The smallest absolute Gasteiger partial charge is 0.280 e. The Kier molecular flexibility index (Phi) is 3.78. The van der Waals surface area contributed by atoms with E-state index in [9.17, 15) is 9.59 Å². The summed E-state index contributed by atoms with van der Waals surface area (Å²) in [7, 11) is 1.41. The number of hydrogen-bond donors (Lipinski definition) is 2. The fourth-order valence-corrected chi connectivity index (χ4v) is 1.08. The lowest BCUT2D eigenvalue weighted by molar-refractivity contribution is 0.0308. The van der Waals surface area contributed by atoms with Crippen LogP contribution in [0.2, 0.25) is 0 Å². The van der Waals surface area contributed by atoms with Gasteiger partial charge in [-0.05, 0) is 18.2 Å². The van der Waals surface area contributed by atoms with Gasteiger partial charge in [-0.2, -0.15) is 10.8 Å². The molecule has 0 unspecified atom stereocenters. The summed E-state index contributed by atoms with van der Waals surface area (Å²) >= 11 is 0. The molecule has 0 aliphatic rings. The maximum absolute atomic E-state index is 11.4. The van der Waals surface area contributed by atoms with Crippen molar-refractivity contribution in [2.75, 3.05) is 7.11 Å². The Hall–Kier alpha value is -1.92. The zero-order valence-electron chi connectivity index (χ0n) is 8.02. The number of benzene rings is 1. The predicted molar refractivity (Wildman–Crippen MR) is 51.1 cm³/mol. The first-order chi connectivity index (χ1) is 7.22. The second-order valence-corrected chi connectivity index (χ2v) is 2.63. The summed E-state index contributed by atoms with van der Waals surface area (Å²) < 4.78 is 4.94. The number of nitrogens with two attached hydrogens (primary N) is 1. The maximum Gasteiger partial charge on any atom is 0.280 e. The number of aldehydes is 1. The summed E-state index contributed by atoms with van der Waals surface area (Å²) in [6, 6.07) is 4.42. The molecule has 1 aromatic rings. The summed E-state index contributed by atoms with van der Waals surface area (Å²) in [6.45, 7) is 0. The maximum atomic E-state index is 11.4. The van der Waals surface area contributed by atoms with Gasteiger partial charge in [0, 0.05) is 5.56 Å². The van der Waals surface area contributed by atoms with Crippen LogP contribution in [0.25, 0.3) is 0 Å². The molecule has 0 saturated carbocycles. The van der Waals surface area contributed by atoms with Crippen molar-refractivity contribution in [3.8, 4) is 5.75 Å². The van der Waals surface area contributed by atoms with Crippen LogP contribution in [0.3, 0.4) is 0 Å². The Bertz CT molecular complexity index is 378. The van der Waals surface area contributed by atoms with E-state index in [2.05, 4.69) is 10.8 Å². The van der Waals surface area contributed by atoms with Crippen LogP contribution in [0.15, 0.2) is 18.2 Å². The molecule has 6 heteroatoms. The van der Waals surface area contributed by atoms with Crippen molar-refractivity contribution >= 4 is 12.2 Å². The van der Waals surface area contributed by atoms with Crippen molar-refractivity contribution in [2.24, 2.45) is 5.90 Å². The molecule has 0 radical (unpaired) electrons. The molecule has 0 aliphatic heterocycles. The van der Waals surface area contributed by atoms with E-state index in [4.69, 9.17) is 4.74 Å². The van der Waals surface area contributed by atoms with Crippen LogP contribution < -0.4 is 16.1 Å². The molecule has 0 fully saturated rings. The van der Waals surface area contributed by atoms with Crippen molar-refractivity contribution in [2.45, 2.75) is 0 Å². The van der Waals surface area contributed by atoms with Gasteiger partial charge >= 0.3 is 0 Å². The van der Waals surface area contributed by atoms with Crippen molar-refractivity contribution in [1.29, 1.82) is 0 Å². The molecule has 1 amide bonds. The first kappa shape index (κ1) is 11.2. The standard InChI is InChI=1S/C9H10N2O4/c1-14-8-3-2-6(5-12)4-7(8)9(13)11-15-10/h2-5H,10H2,1H3,(H,11,13). The average Bonchev–Trinajstić information content (AvgIpc) is 2.28. The number of nitrogens with one attached hydrogen (secondary N) is 1. The van der Waals surface area contributed by atoms with Crippen LogP contribution in [0, 0.1) is 0 Å². The zero-order valence-corrected chi connectivity index (χ0v) is 8.02. The number of hydrogen-bond acceptors (Lipinski definition) is 5. The Labute approximate surface area is 85.9 Å². The third kappa shape index (κ3) is 2.52. The second-order valence-electron chi connectivity index (χ2n) is 2.63. The van der Waals surface area contributed by atoms with Crippen LogP contribution in [-0.4, -0.2) is 19.3 Å². The van der Waals surface area contributed by atoms with E-state index in [1.807, 2.05) is 5.48 Å². The van der Waals surface area contributed by atoms with E-state index in [1.54, 1.807) is 0 Å². The van der Waals surface area contributed by atoms with Gasteiger partial charge in [0.05, 0.1) is 12.7 Å². The third-order valence-electron chi connectivity index (χ3n) is 1.76. The molecule has 0 bridgehead atoms. The fraction of sp³-hybridized carbons (Fsp3) is 0.111. The molecule has 15 heavy (non-hydrogen) atoms. The van der Waals surface area contributed by atoms with Gasteiger partial charge in [-0.1, -0.05) is 0 Å². The van der Waals surface area contributed by atoms with E-state index in [0.29, 0.717) is 17.6 Å². The summed E-state index contributed by atoms with van der Waals surface area (Å²) in [5, 5.41) is 0. The van der Waals surface area contributed by atoms with Gasteiger partial charge in [0.15, 0.2) is 0 Å². The molecular weight excluding hydrogens is 200 g/mol. The molecule has 0 heterocycles. The van der Waals surface area contributed by atoms with Crippen molar-refractivity contribution in [1.82, 2.24) is 5.48 Å². The van der Waals surface area contributed by atoms with Gasteiger partial charge in [0.25, 0.3) is 5.91 Å². The number of rotatable bonds is 4. The topological polar surface area (TPSA) is 90.7 Å². The van der Waals surface area contributed by atoms with E-state index < -0.39 is 5.91 Å².